The Labute approximate surface area is 186 Å². The van der Waals surface area contributed by atoms with Gasteiger partial charge in [0.25, 0.3) is 0 Å². The smallest absolute Gasteiger partial charge is 0.410 e. The van der Waals surface area contributed by atoms with E-state index >= 15 is 0 Å². The van der Waals surface area contributed by atoms with E-state index < -0.39 is 11.7 Å². The summed E-state index contributed by atoms with van der Waals surface area (Å²) in [5.74, 6) is 0.712. The number of fused-ring (bicyclic) bond motifs is 2. The van der Waals surface area contributed by atoms with Gasteiger partial charge in [-0.15, -0.1) is 0 Å². The molecule has 3 unspecified atom stereocenters. The van der Waals surface area contributed by atoms with Crippen LogP contribution in [0.25, 0.3) is 0 Å². The van der Waals surface area contributed by atoms with Gasteiger partial charge in [-0.1, -0.05) is 29.8 Å². The molecule has 7 nitrogen and oxygen atoms in total. The normalized spacial score (nSPS) is 24.6. The van der Waals surface area contributed by atoms with Crippen molar-refractivity contribution in [3.63, 3.8) is 0 Å². The second kappa shape index (κ2) is 9.90. The summed E-state index contributed by atoms with van der Waals surface area (Å²) in [5, 5.41) is 17.3. The lowest BCUT2D eigenvalue weighted by molar-refractivity contribution is 0.00544. The molecule has 172 valence electrons. The zero-order valence-corrected chi connectivity index (χ0v) is 19.5. The van der Waals surface area contributed by atoms with Gasteiger partial charge in [0.1, 0.15) is 5.60 Å². The number of rotatable bonds is 5. The molecule has 3 rings (SSSR count). The van der Waals surface area contributed by atoms with E-state index in [2.05, 4.69) is 15.6 Å². The Morgan fingerprint density at radius 3 is 2.39 bits per heavy atom. The fraction of sp³-hybridized carbons (Fsp3) is 0.667. The van der Waals surface area contributed by atoms with Crippen molar-refractivity contribution in [2.45, 2.75) is 90.1 Å². The molecule has 2 heterocycles. The van der Waals surface area contributed by atoms with E-state index in [4.69, 9.17) is 4.74 Å². The number of aryl methyl sites for hydroxylation is 1. The Hall–Kier alpha value is -2.28. The van der Waals surface area contributed by atoms with E-state index in [1.807, 2.05) is 63.8 Å². The van der Waals surface area contributed by atoms with Gasteiger partial charge in [-0.3, -0.25) is 4.99 Å². The van der Waals surface area contributed by atoms with Crippen LogP contribution in [0.2, 0.25) is 0 Å². The van der Waals surface area contributed by atoms with Gasteiger partial charge in [-0.05, 0) is 65.9 Å². The van der Waals surface area contributed by atoms with Crippen LogP contribution < -0.4 is 10.6 Å². The molecule has 0 radical (unpaired) electrons. The minimum atomic E-state index is -0.638. The lowest BCUT2D eigenvalue weighted by Crippen LogP contribution is -2.55. The van der Waals surface area contributed by atoms with Crippen LogP contribution in [0.1, 0.15) is 70.6 Å². The van der Waals surface area contributed by atoms with Gasteiger partial charge in [0.2, 0.25) is 0 Å². The molecule has 2 bridgehead atoms. The van der Waals surface area contributed by atoms with Crippen LogP contribution in [0.3, 0.4) is 0 Å². The molecular formula is C24H38N4O3. The molecule has 2 saturated heterocycles. The molecule has 1 amide bonds. The third kappa shape index (κ3) is 6.35. The molecule has 1 aromatic carbocycles. The maximum atomic E-state index is 12.7. The van der Waals surface area contributed by atoms with Crippen LogP contribution in [-0.4, -0.2) is 58.9 Å². The highest BCUT2D eigenvalue weighted by Gasteiger charge is 2.45. The van der Waals surface area contributed by atoms with Crippen LogP contribution in [0, 0.1) is 6.92 Å². The molecule has 0 aliphatic carbocycles. The minimum Gasteiger partial charge on any atom is -0.444 e. The van der Waals surface area contributed by atoms with Crippen molar-refractivity contribution in [3.8, 4) is 0 Å². The number of ether oxygens (including phenoxy) is 1. The predicted molar refractivity (Wildman–Crippen MR) is 123 cm³/mol. The monoisotopic (exact) mass is 430 g/mol. The summed E-state index contributed by atoms with van der Waals surface area (Å²) in [6, 6.07) is 8.53. The van der Waals surface area contributed by atoms with Gasteiger partial charge >= 0.3 is 6.09 Å². The first-order chi connectivity index (χ1) is 14.7. The van der Waals surface area contributed by atoms with Crippen LogP contribution in [0.4, 0.5) is 4.79 Å². The lowest BCUT2D eigenvalue weighted by Gasteiger charge is -2.40. The Morgan fingerprint density at radius 2 is 1.84 bits per heavy atom. The van der Waals surface area contributed by atoms with Crippen molar-refractivity contribution in [3.05, 3.63) is 35.4 Å². The van der Waals surface area contributed by atoms with Gasteiger partial charge in [-0.25, -0.2) is 4.79 Å². The fourth-order valence-electron chi connectivity index (χ4n) is 4.49. The topological polar surface area (TPSA) is 86.2 Å². The van der Waals surface area contributed by atoms with Crippen molar-refractivity contribution in [2.75, 3.05) is 13.1 Å². The summed E-state index contributed by atoms with van der Waals surface area (Å²) < 4.78 is 5.63. The Balaban J connectivity index is 1.59. The molecule has 1 aromatic rings. The first-order valence-corrected chi connectivity index (χ1v) is 11.5. The zero-order chi connectivity index (χ0) is 22.6. The molecule has 31 heavy (non-hydrogen) atoms. The number of guanidine groups is 1. The fourth-order valence-corrected chi connectivity index (χ4v) is 4.49. The quantitative estimate of drug-likeness (QED) is 0.492. The molecule has 2 aliphatic rings. The molecule has 0 aromatic heterocycles. The summed E-state index contributed by atoms with van der Waals surface area (Å²) in [5.41, 5.74) is 1.56. The van der Waals surface area contributed by atoms with Gasteiger partial charge in [0.05, 0.1) is 12.6 Å². The van der Waals surface area contributed by atoms with Crippen LogP contribution >= 0.6 is 0 Å². The van der Waals surface area contributed by atoms with Gasteiger partial charge in [0, 0.05) is 24.7 Å². The number of benzene rings is 1. The van der Waals surface area contributed by atoms with Crippen molar-refractivity contribution >= 4 is 12.1 Å². The third-order valence-corrected chi connectivity index (χ3v) is 5.91. The van der Waals surface area contributed by atoms with Crippen LogP contribution in [0.5, 0.6) is 0 Å². The number of aliphatic imine (C=N–C) groups is 1. The number of nitrogens with zero attached hydrogens (tertiary/aromatic N) is 2. The molecular weight excluding hydrogens is 392 g/mol. The first-order valence-electron chi connectivity index (χ1n) is 11.5. The maximum absolute atomic E-state index is 12.7. The molecule has 3 atom stereocenters. The lowest BCUT2D eigenvalue weighted by atomic mass is 9.98. The van der Waals surface area contributed by atoms with E-state index in [1.165, 1.54) is 5.56 Å². The number of carbonyl (C=O) groups excluding carboxylic acids is 1. The van der Waals surface area contributed by atoms with E-state index in [1.54, 1.807) is 0 Å². The van der Waals surface area contributed by atoms with E-state index in [0.29, 0.717) is 12.5 Å². The number of aliphatic hydroxyl groups is 1. The van der Waals surface area contributed by atoms with Gasteiger partial charge in [-0.2, -0.15) is 0 Å². The molecule has 3 N–H and O–H groups in total. The second-order valence-corrected chi connectivity index (χ2v) is 9.73. The van der Waals surface area contributed by atoms with Crippen LogP contribution in [-0.2, 0) is 4.74 Å². The van der Waals surface area contributed by atoms with E-state index in [9.17, 15) is 9.90 Å². The zero-order valence-electron chi connectivity index (χ0n) is 19.5. The highest BCUT2D eigenvalue weighted by molar-refractivity contribution is 5.80. The Kier molecular flexibility index (Phi) is 7.46. The molecule has 2 aliphatic heterocycles. The van der Waals surface area contributed by atoms with Crippen molar-refractivity contribution in [2.24, 2.45) is 4.99 Å². The third-order valence-electron chi connectivity index (χ3n) is 5.91. The number of carbonyl (C=O) groups is 1. The minimum absolute atomic E-state index is 0.194. The molecule has 0 spiro atoms. The Bertz CT molecular complexity index is 758. The SMILES string of the molecule is CCNC(=NCC(O)c1ccc(C)cc1)NC1CC2CCC(C1)N2C(=O)OC(C)(C)C. The number of aliphatic hydroxyl groups excluding tert-OH is 1. The highest BCUT2D eigenvalue weighted by atomic mass is 16.6. The van der Waals surface area contributed by atoms with Crippen molar-refractivity contribution < 1.29 is 14.6 Å². The van der Waals surface area contributed by atoms with E-state index in [-0.39, 0.29) is 24.2 Å². The van der Waals surface area contributed by atoms with E-state index in [0.717, 1.165) is 37.8 Å². The summed E-state index contributed by atoms with van der Waals surface area (Å²) in [6.45, 7) is 10.8. The average molecular weight is 431 g/mol. The summed E-state index contributed by atoms with van der Waals surface area (Å²) in [4.78, 5) is 19.2. The average Bonchev–Trinajstić information content (AvgIpc) is 2.96. The largest absolute Gasteiger partial charge is 0.444 e. The maximum Gasteiger partial charge on any atom is 0.410 e. The molecule has 7 heteroatoms. The standard InChI is InChI=1S/C24H38N4O3/c1-6-25-22(26-15-21(29)17-9-7-16(2)8-10-17)27-18-13-19-11-12-20(14-18)28(19)23(30)31-24(3,4)5/h7-10,18-21,29H,6,11-15H2,1-5H3,(H2,25,26,27). The molecule has 2 fully saturated rings. The van der Waals surface area contributed by atoms with Gasteiger partial charge < -0.3 is 25.4 Å². The first kappa shape index (κ1) is 23.4. The van der Waals surface area contributed by atoms with Crippen molar-refractivity contribution in [1.29, 1.82) is 0 Å². The van der Waals surface area contributed by atoms with Crippen molar-refractivity contribution in [1.82, 2.24) is 15.5 Å². The second-order valence-electron chi connectivity index (χ2n) is 9.73. The number of piperidine rings is 1. The van der Waals surface area contributed by atoms with Crippen LogP contribution in [0.15, 0.2) is 29.3 Å². The van der Waals surface area contributed by atoms with Gasteiger partial charge in [0.15, 0.2) is 5.96 Å². The summed E-state index contributed by atoms with van der Waals surface area (Å²) in [7, 11) is 0. The number of nitrogens with one attached hydrogen (secondary N) is 2. The Morgan fingerprint density at radius 1 is 1.23 bits per heavy atom. The highest BCUT2D eigenvalue weighted by Crippen LogP contribution is 2.36. The number of amides is 1. The summed E-state index contributed by atoms with van der Waals surface area (Å²) >= 11 is 0. The molecule has 0 saturated carbocycles. The predicted octanol–water partition coefficient (Wildman–Crippen LogP) is 3.51. The number of hydrogen-bond acceptors (Lipinski definition) is 4. The summed E-state index contributed by atoms with van der Waals surface area (Å²) in [6.07, 6.45) is 2.95. The number of hydrogen-bond donors (Lipinski definition) is 3.